The number of rotatable bonds is 5. The number of ether oxygens (including phenoxy) is 1. The van der Waals surface area contributed by atoms with E-state index >= 15 is 0 Å². The summed E-state index contributed by atoms with van der Waals surface area (Å²) in [4.78, 5) is 15.8. The molecule has 0 saturated carbocycles. The molecule has 1 atom stereocenters. The molecule has 5 aromatic rings. The summed E-state index contributed by atoms with van der Waals surface area (Å²) in [5.41, 5.74) is 5.86. The highest BCUT2D eigenvalue weighted by molar-refractivity contribution is 5.76. The van der Waals surface area contributed by atoms with Gasteiger partial charge < -0.3 is 19.5 Å². The third kappa shape index (κ3) is 4.22. The smallest absolute Gasteiger partial charge is 0.318 e. The number of fused-ring (bicyclic) bond motifs is 3. The molecule has 3 aromatic carbocycles. The molecule has 0 radical (unpaired) electrons. The Balaban J connectivity index is 1.50. The molecule has 2 amide bonds. The number of aromatic nitrogens is 3. The van der Waals surface area contributed by atoms with Gasteiger partial charge in [0.05, 0.1) is 36.8 Å². The van der Waals surface area contributed by atoms with Crippen molar-refractivity contribution >= 4 is 6.03 Å². The van der Waals surface area contributed by atoms with E-state index in [1.807, 2.05) is 114 Å². The Morgan fingerprint density at radius 3 is 2.50 bits per heavy atom. The van der Waals surface area contributed by atoms with E-state index < -0.39 is 0 Å². The Morgan fingerprint density at radius 2 is 1.74 bits per heavy atom. The number of aryl methyl sites for hydroxylation is 1. The van der Waals surface area contributed by atoms with Crippen LogP contribution >= 0.6 is 0 Å². The Hall–Kier alpha value is -4.78. The molecule has 1 aliphatic rings. The summed E-state index contributed by atoms with van der Waals surface area (Å²) in [7, 11) is 1.66. The van der Waals surface area contributed by atoms with Crippen molar-refractivity contribution in [3.63, 3.8) is 0 Å². The van der Waals surface area contributed by atoms with E-state index in [0.29, 0.717) is 13.1 Å². The molecule has 0 saturated heterocycles. The van der Waals surface area contributed by atoms with Gasteiger partial charge in [0, 0.05) is 18.3 Å². The monoisotopic (exact) mass is 503 g/mol. The van der Waals surface area contributed by atoms with Crippen LogP contribution in [-0.4, -0.2) is 32.4 Å². The van der Waals surface area contributed by atoms with E-state index in [9.17, 15) is 4.79 Å². The topological polar surface area (TPSA) is 64.3 Å². The Morgan fingerprint density at radius 1 is 0.974 bits per heavy atom. The maximum atomic E-state index is 13.9. The lowest BCUT2D eigenvalue weighted by Gasteiger charge is -2.31. The van der Waals surface area contributed by atoms with Crippen molar-refractivity contribution in [2.24, 2.45) is 0 Å². The van der Waals surface area contributed by atoms with Gasteiger partial charge in [0.25, 0.3) is 0 Å². The van der Waals surface area contributed by atoms with Crippen molar-refractivity contribution in [1.82, 2.24) is 24.6 Å². The normalized spacial score (nSPS) is 14.4. The van der Waals surface area contributed by atoms with Crippen LogP contribution in [0.15, 0.2) is 103 Å². The first-order valence-electron chi connectivity index (χ1n) is 12.7. The molecule has 38 heavy (non-hydrogen) atoms. The third-order valence-electron chi connectivity index (χ3n) is 7.04. The van der Waals surface area contributed by atoms with Crippen molar-refractivity contribution in [3.05, 3.63) is 131 Å². The summed E-state index contributed by atoms with van der Waals surface area (Å²) in [6.07, 6.45) is 2.05. The fourth-order valence-corrected chi connectivity index (χ4v) is 5.19. The molecule has 7 heteroatoms. The van der Waals surface area contributed by atoms with E-state index in [2.05, 4.69) is 16.0 Å². The second-order valence-electron chi connectivity index (χ2n) is 9.39. The fourth-order valence-electron chi connectivity index (χ4n) is 5.19. The van der Waals surface area contributed by atoms with Crippen LogP contribution in [0.4, 0.5) is 4.79 Å². The number of hydrogen-bond acceptors (Lipinski definition) is 3. The predicted molar refractivity (Wildman–Crippen MR) is 147 cm³/mol. The van der Waals surface area contributed by atoms with Crippen LogP contribution in [0.3, 0.4) is 0 Å². The summed E-state index contributed by atoms with van der Waals surface area (Å²) >= 11 is 0. The van der Waals surface area contributed by atoms with E-state index in [1.54, 1.807) is 7.11 Å². The molecule has 1 unspecified atom stereocenters. The SMILES string of the molecule is COc1cccc(C2c3cccn3-c3c(c(C)nn3-c3ccccc3)CN2C(=O)NCc2ccccc2)c1. The zero-order valence-electron chi connectivity index (χ0n) is 21.4. The van der Waals surface area contributed by atoms with Gasteiger partial charge in [-0.25, -0.2) is 9.48 Å². The van der Waals surface area contributed by atoms with E-state index in [-0.39, 0.29) is 12.1 Å². The summed E-state index contributed by atoms with van der Waals surface area (Å²) in [6.45, 7) is 2.85. The lowest BCUT2D eigenvalue weighted by molar-refractivity contribution is 0.180. The van der Waals surface area contributed by atoms with Gasteiger partial charge in [0.2, 0.25) is 0 Å². The number of benzene rings is 3. The highest BCUT2D eigenvalue weighted by Gasteiger charge is 2.36. The van der Waals surface area contributed by atoms with Crippen LogP contribution in [0.25, 0.3) is 11.5 Å². The quantitative estimate of drug-likeness (QED) is 0.330. The highest BCUT2D eigenvalue weighted by Crippen LogP contribution is 2.39. The maximum absolute atomic E-state index is 13.9. The number of nitrogens with zero attached hydrogens (tertiary/aromatic N) is 4. The molecule has 1 N–H and O–H groups in total. The van der Waals surface area contributed by atoms with Crippen molar-refractivity contribution < 1.29 is 9.53 Å². The van der Waals surface area contributed by atoms with Crippen LogP contribution in [-0.2, 0) is 13.1 Å². The summed E-state index contributed by atoms with van der Waals surface area (Å²) in [6, 6.07) is 31.6. The Kier molecular flexibility index (Phi) is 6.17. The maximum Gasteiger partial charge on any atom is 0.318 e. The van der Waals surface area contributed by atoms with E-state index in [4.69, 9.17) is 9.84 Å². The van der Waals surface area contributed by atoms with Crippen LogP contribution < -0.4 is 10.1 Å². The van der Waals surface area contributed by atoms with Gasteiger partial charge in [-0.15, -0.1) is 0 Å². The molecular weight excluding hydrogens is 474 g/mol. The summed E-state index contributed by atoms with van der Waals surface area (Å²) in [5.74, 6) is 1.69. The zero-order chi connectivity index (χ0) is 26.1. The molecule has 0 bridgehead atoms. The fraction of sp³-hybridized carbons (Fsp3) is 0.161. The largest absolute Gasteiger partial charge is 0.497 e. The molecule has 7 nitrogen and oxygen atoms in total. The highest BCUT2D eigenvalue weighted by atomic mass is 16.5. The third-order valence-corrected chi connectivity index (χ3v) is 7.04. The number of urea groups is 1. The van der Waals surface area contributed by atoms with Gasteiger partial charge in [-0.05, 0) is 54.4 Å². The van der Waals surface area contributed by atoms with Crippen LogP contribution in [0.5, 0.6) is 5.75 Å². The average molecular weight is 504 g/mol. The van der Waals surface area contributed by atoms with E-state index in [1.165, 1.54) is 0 Å². The molecular formula is C31H29N5O2. The van der Waals surface area contributed by atoms with E-state index in [0.717, 1.165) is 45.3 Å². The Labute approximate surface area is 221 Å². The number of carbonyl (C=O) groups excluding carboxylic acids is 1. The first-order valence-corrected chi connectivity index (χ1v) is 12.7. The zero-order valence-corrected chi connectivity index (χ0v) is 21.4. The molecule has 3 heterocycles. The Bertz CT molecular complexity index is 1570. The first-order chi connectivity index (χ1) is 18.6. The van der Waals surface area contributed by atoms with Gasteiger partial charge >= 0.3 is 6.03 Å². The lowest BCUT2D eigenvalue weighted by atomic mass is 10.0. The van der Waals surface area contributed by atoms with Crippen LogP contribution in [0.2, 0.25) is 0 Å². The van der Waals surface area contributed by atoms with Crippen molar-refractivity contribution in [2.45, 2.75) is 26.1 Å². The van der Waals surface area contributed by atoms with Gasteiger partial charge in [-0.1, -0.05) is 60.7 Å². The molecule has 1 aliphatic heterocycles. The minimum absolute atomic E-state index is 0.144. The minimum atomic E-state index is -0.341. The first kappa shape index (κ1) is 23.6. The molecule has 0 spiro atoms. The molecule has 2 aromatic heterocycles. The van der Waals surface area contributed by atoms with Crippen LogP contribution in [0.1, 0.15) is 34.1 Å². The average Bonchev–Trinajstić information content (AvgIpc) is 3.53. The number of hydrogen-bond donors (Lipinski definition) is 1. The second kappa shape index (κ2) is 9.94. The molecule has 0 fully saturated rings. The lowest BCUT2D eigenvalue weighted by Crippen LogP contribution is -2.41. The van der Waals surface area contributed by atoms with Gasteiger partial charge in [-0.2, -0.15) is 5.10 Å². The van der Waals surface area contributed by atoms with Gasteiger partial charge in [-0.3, -0.25) is 0 Å². The summed E-state index contributed by atoms with van der Waals surface area (Å²) in [5, 5.41) is 8.07. The number of carbonyl (C=O) groups is 1. The van der Waals surface area contributed by atoms with Crippen molar-refractivity contribution in [3.8, 4) is 17.3 Å². The molecule has 6 rings (SSSR count). The summed E-state index contributed by atoms with van der Waals surface area (Å²) < 4.78 is 9.69. The minimum Gasteiger partial charge on any atom is -0.497 e. The number of nitrogens with one attached hydrogen (secondary N) is 1. The van der Waals surface area contributed by atoms with Gasteiger partial charge in [0.1, 0.15) is 11.6 Å². The number of para-hydroxylation sites is 1. The standard InChI is InChI=1S/C31H29N5O2/c1-22-27-21-35(31(37)32-20-23-11-5-3-6-12-23)29(24-13-9-16-26(19-24)38-2)28-17-10-18-34(28)30(27)36(33-22)25-14-7-4-8-15-25/h3-19,29H,20-21H2,1-2H3,(H,32,37). The van der Waals surface area contributed by atoms with Crippen molar-refractivity contribution in [1.29, 1.82) is 0 Å². The van der Waals surface area contributed by atoms with Crippen molar-refractivity contribution in [2.75, 3.05) is 7.11 Å². The number of methoxy groups -OCH3 is 1. The molecule has 190 valence electrons. The number of amides is 2. The molecule has 0 aliphatic carbocycles. The second-order valence-corrected chi connectivity index (χ2v) is 9.39. The van der Waals surface area contributed by atoms with Crippen LogP contribution in [0, 0.1) is 6.92 Å². The van der Waals surface area contributed by atoms with Gasteiger partial charge in [0.15, 0.2) is 0 Å². The predicted octanol–water partition coefficient (Wildman–Crippen LogP) is 5.79.